The molecule has 0 heterocycles. The number of rotatable bonds is 2. The maximum absolute atomic E-state index is 10.6. The van der Waals surface area contributed by atoms with Gasteiger partial charge >= 0.3 is 0 Å². The van der Waals surface area contributed by atoms with Crippen LogP contribution in [0.5, 0.6) is 11.5 Å². The van der Waals surface area contributed by atoms with Gasteiger partial charge in [0.1, 0.15) is 0 Å². The van der Waals surface area contributed by atoms with Crippen LogP contribution < -0.4 is 4.74 Å². The number of halogens is 1. The number of methoxy groups -OCH3 is 1. The Morgan fingerprint density at radius 1 is 1.05 bits per heavy atom. The van der Waals surface area contributed by atoms with Gasteiger partial charge in [-0.1, -0.05) is 15.9 Å². The van der Waals surface area contributed by atoms with E-state index in [9.17, 15) is 5.11 Å². The Hall–Kier alpha value is -0.700. The Labute approximate surface area is 128 Å². The van der Waals surface area contributed by atoms with Crippen molar-refractivity contribution in [3.8, 4) is 11.5 Å². The van der Waals surface area contributed by atoms with Gasteiger partial charge in [-0.2, -0.15) is 0 Å². The standard InChI is InChI=1S/C17H21BrO2/c1-20-15-8-13(18)7-14(17(15)19)16-11-3-9-2-10(5-11)6-12(16)4-9/h7-12,16,19H,2-6H2,1H3. The molecular weight excluding hydrogens is 316 g/mol. The van der Waals surface area contributed by atoms with E-state index in [1.807, 2.05) is 6.07 Å². The highest BCUT2D eigenvalue weighted by Crippen LogP contribution is 2.61. The lowest BCUT2D eigenvalue weighted by molar-refractivity contribution is -0.00357. The lowest BCUT2D eigenvalue weighted by Gasteiger charge is -2.54. The molecule has 0 aromatic heterocycles. The topological polar surface area (TPSA) is 29.5 Å². The Morgan fingerprint density at radius 3 is 2.20 bits per heavy atom. The summed E-state index contributed by atoms with van der Waals surface area (Å²) in [5, 5.41) is 10.6. The van der Waals surface area contributed by atoms with E-state index >= 15 is 0 Å². The number of hydrogen-bond donors (Lipinski definition) is 1. The monoisotopic (exact) mass is 336 g/mol. The van der Waals surface area contributed by atoms with Crippen molar-refractivity contribution in [2.45, 2.75) is 38.0 Å². The first kappa shape index (κ1) is 13.0. The molecule has 1 aromatic carbocycles. The van der Waals surface area contributed by atoms with Crippen molar-refractivity contribution in [2.75, 3.05) is 7.11 Å². The fourth-order valence-corrected chi connectivity index (χ4v) is 5.89. The van der Waals surface area contributed by atoms with Crippen LogP contribution >= 0.6 is 15.9 Å². The molecule has 4 fully saturated rings. The second-order valence-corrected chi connectivity index (χ2v) is 7.92. The molecule has 0 amide bonds. The lowest BCUT2D eigenvalue weighted by Crippen LogP contribution is -2.43. The molecule has 108 valence electrons. The molecule has 4 saturated carbocycles. The summed E-state index contributed by atoms with van der Waals surface area (Å²) in [6, 6.07) is 3.97. The predicted molar refractivity (Wildman–Crippen MR) is 82.1 cm³/mol. The molecular formula is C17H21BrO2. The van der Waals surface area contributed by atoms with Gasteiger partial charge in [0, 0.05) is 10.0 Å². The first-order valence-corrected chi connectivity index (χ1v) is 8.51. The van der Waals surface area contributed by atoms with Crippen LogP contribution in [0.25, 0.3) is 0 Å². The zero-order valence-corrected chi connectivity index (χ0v) is 13.4. The van der Waals surface area contributed by atoms with Gasteiger partial charge in [0.15, 0.2) is 11.5 Å². The van der Waals surface area contributed by atoms with Crippen molar-refractivity contribution in [1.29, 1.82) is 0 Å². The summed E-state index contributed by atoms with van der Waals surface area (Å²) in [6.07, 6.45) is 6.93. The van der Waals surface area contributed by atoms with E-state index < -0.39 is 0 Å². The normalized spacial score (nSPS) is 38.2. The third kappa shape index (κ3) is 1.89. The van der Waals surface area contributed by atoms with Crippen molar-refractivity contribution in [3.63, 3.8) is 0 Å². The minimum atomic E-state index is 0.369. The van der Waals surface area contributed by atoms with Crippen molar-refractivity contribution in [2.24, 2.45) is 23.7 Å². The molecule has 20 heavy (non-hydrogen) atoms. The van der Waals surface area contributed by atoms with Crippen molar-refractivity contribution < 1.29 is 9.84 Å². The van der Waals surface area contributed by atoms with Gasteiger partial charge in [-0.15, -0.1) is 0 Å². The molecule has 0 atom stereocenters. The van der Waals surface area contributed by atoms with Gasteiger partial charge in [-0.05, 0) is 73.8 Å². The molecule has 4 aliphatic rings. The summed E-state index contributed by atoms with van der Waals surface area (Å²) in [7, 11) is 1.63. The third-order valence-corrected chi connectivity index (χ3v) is 6.33. The van der Waals surface area contributed by atoms with Crippen LogP contribution in [-0.4, -0.2) is 12.2 Å². The van der Waals surface area contributed by atoms with Crippen LogP contribution in [0.3, 0.4) is 0 Å². The molecule has 1 aromatic rings. The highest BCUT2D eigenvalue weighted by atomic mass is 79.9. The number of phenols is 1. The summed E-state index contributed by atoms with van der Waals surface area (Å²) in [6.45, 7) is 0. The van der Waals surface area contributed by atoms with Gasteiger partial charge in [0.2, 0.25) is 0 Å². The second-order valence-electron chi connectivity index (χ2n) is 7.00. The largest absolute Gasteiger partial charge is 0.504 e. The minimum Gasteiger partial charge on any atom is -0.504 e. The van der Waals surface area contributed by atoms with Gasteiger partial charge in [-0.3, -0.25) is 0 Å². The van der Waals surface area contributed by atoms with E-state index in [1.54, 1.807) is 7.11 Å². The Kier molecular flexibility index (Phi) is 3.03. The summed E-state index contributed by atoms with van der Waals surface area (Å²) in [5.74, 6) is 4.98. The smallest absolute Gasteiger partial charge is 0.161 e. The molecule has 0 saturated heterocycles. The first-order valence-electron chi connectivity index (χ1n) is 7.72. The van der Waals surface area contributed by atoms with Crippen LogP contribution in [0.2, 0.25) is 0 Å². The van der Waals surface area contributed by atoms with Crippen molar-refractivity contribution in [3.05, 3.63) is 22.2 Å². The minimum absolute atomic E-state index is 0.369. The molecule has 0 spiro atoms. The van der Waals surface area contributed by atoms with Gasteiger partial charge < -0.3 is 9.84 Å². The summed E-state index contributed by atoms with van der Waals surface area (Å²) >= 11 is 3.56. The second kappa shape index (κ2) is 4.66. The highest BCUT2D eigenvalue weighted by molar-refractivity contribution is 9.10. The Bertz CT molecular complexity index is 512. The number of aromatic hydroxyl groups is 1. The number of ether oxygens (including phenoxy) is 1. The molecule has 0 aliphatic heterocycles. The molecule has 3 heteroatoms. The molecule has 4 bridgehead atoms. The predicted octanol–water partition coefficient (Wildman–Crippen LogP) is 4.70. The van der Waals surface area contributed by atoms with E-state index in [4.69, 9.17) is 4.74 Å². The van der Waals surface area contributed by atoms with Gasteiger partial charge in [0.05, 0.1) is 7.11 Å². The molecule has 0 unspecified atom stereocenters. The molecule has 1 N–H and O–H groups in total. The summed E-state index contributed by atoms with van der Waals surface area (Å²) in [4.78, 5) is 0. The van der Waals surface area contributed by atoms with E-state index in [0.717, 1.165) is 33.7 Å². The fourth-order valence-electron chi connectivity index (χ4n) is 5.44. The SMILES string of the molecule is COc1cc(Br)cc(C2C3CC4CC(C3)CC2C4)c1O. The van der Waals surface area contributed by atoms with E-state index in [2.05, 4.69) is 22.0 Å². The fraction of sp³-hybridized carbons (Fsp3) is 0.647. The first-order chi connectivity index (χ1) is 9.65. The van der Waals surface area contributed by atoms with Crippen LogP contribution in [0.15, 0.2) is 16.6 Å². The summed E-state index contributed by atoms with van der Waals surface area (Å²) in [5.41, 5.74) is 1.12. The number of phenolic OH excluding ortho intramolecular Hbond substituents is 1. The van der Waals surface area contributed by atoms with Gasteiger partial charge in [-0.25, -0.2) is 0 Å². The Morgan fingerprint density at radius 2 is 1.65 bits per heavy atom. The summed E-state index contributed by atoms with van der Waals surface area (Å²) < 4.78 is 6.34. The highest BCUT2D eigenvalue weighted by Gasteiger charge is 2.49. The maximum Gasteiger partial charge on any atom is 0.161 e. The molecule has 2 nitrogen and oxygen atoms in total. The van der Waals surface area contributed by atoms with Crippen LogP contribution in [0, 0.1) is 23.7 Å². The molecule has 5 rings (SSSR count). The molecule has 4 aliphatic carbocycles. The van der Waals surface area contributed by atoms with Crippen LogP contribution in [0.4, 0.5) is 0 Å². The van der Waals surface area contributed by atoms with Gasteiger partial charge in [0.25, 0.3) is 0 Å². The zero-order chi connectivity index (χ0) is 13.9. The van der Waals surface area contributed by atoms with Crippen LogP contribution in [0.1, 0.15) is 43.6 Å². The van der Waals surface area contributed by atoms with E-state index in [0.29, 0.717) is 17.4 Å². The van der Waals surface area contributed by atoms with Crippen molar-refractivity contribution in [1.82, 2.24) is 0 Å². The van der Waals surface area contributed by atoms with E-state index in [-0.39, 0.29) is 0 Å². The zero-order valence-electron chi connectivity index (χ0n) is 11.8. The quantitative estimate of drug-likeness (QED) is 0.847. The lowest BCUT2D eigenvalue weighted by atomic mass is 9.50. The van der Waals surface area contributed by atoms with Crippen molar-refractivity contribution >= 4 is 15.9 Å². The van der Waals surface area contributed by atoms with Crippen LogP contribution in [-0.2, 0) is 0 Å². The van der Waals surface area contributed by atoms with E-state index in [1.165, 1.54) is 32.1 Å². The average Bonchev–Trinajstić information content (AvgIpc) is 2.40. The average molecular weight is 337 g/mol. The number of hydrogen-bond acceptors (Lipinski definition) is 2. The third-order valence-electron chi connectivity index (χ3n) is 5.87. The Balaban J connectivity index is 1.76. The molecule has 0 radical (unpaired) electrons. The number of benzene rings is 1. The maximum atomic E-state index is 10.6.